The van der Waals surface area contributed by atoms with Crippen LogP contribution in [0.1, 0.15) is 47.8 Å². The summed E-state index contributed by atoms with van der Waals surface area (Å²) in [6.45, 7) is 0. The summed E-state index contributed by atoms with van der Waals surface area (Å²) in [5.41, 5.74) is 1.28. The zero-order chi connectivity index (χ0) is 14.0. The molecule has 1 heterocycles. The van der Waals surface area contributed by atoms with E-state index in [4.69, 9.17) is 5.11 Å². The summed E-state index contributed by atoms with van der Waals surface area (Å²) in [6.07, 6.45) is 2.94. The van der Waals surface area contributed by atoms with Crippen molar-refractivity contribution >= 4 is 11.9 Å². The molecule has 0 atom stereocenters. The fourth-order valence-corrected chi connectivity index (χ4v) is 2.62. The van der Waals surface area contributed by atoms with Crippen LogP contribution in [0.4, 0.5) is 0 Å². The maximum Gasteiger partial charge on any atom is 0.356 e. The molecule has 6 nitrogen and oxygen atoms in total. The number of carbonyl (C=O) groups is 2. The number of esters is 1. The maximum atomic E-state index is 11.5. The van der Waals surface area contributed by atoms with Crippen molar-refractivity contribution in [3.63, 3.8) is 0 Å². The molecule has 0 unspecified atom stereocenters. The highest BCUT2D eigenvalue weighted by Crippen LogP contribution is 2.35. The van der Waals surface area contributed by atoms with E-state index in [0.29, 0.717) is 18.5 Å². The standard InChI is InChI=1S/C13H18N2O4/c1-15-11(13(18)19-2)7-10(14-15)8-3-5-9(6-4-8)12(16)17/h7-9H,3-6H2,1-2H3,(H,16,17). The molecule has 0 radical (unpaired) electrons. The van der Waals surface area contributed by atoms with Gasteiger partial charge in [0.2, 0.25) is 0 Å². The number of hydrogen-bond donors (Lipinski definition) is 1. The highest BCUT2D eigenvalue weighted by atomic mass is 16.5. The smallest absolute Gasteiger partial charge is 0.356 e. The SMILES string of the molecule is COC(=O)c1cc(C2CCC(C(=O)O)CC2)nn1C. The van der Waals surface area contributed by atoms with Crippen LogP contribution in [0, 0.1) is 5.92 Å². The average Bonchev–Trinajstić information content (AvgIpc) is 2.80. The Kier molecular flexibility index (Phi) is 3.87. The molecular weight excluding hydrogens is 248 g/mol. The van der Waals surface area contributed by atoms with Crippen LogP contribution in [0.3, 0.4) is 0 Å². The molecule has 1 saturated carbocycles. The van der Waals surface area contributed by atoms with E-state index < -0.39 is 11.9 Å². The predicted octanol–water partition coefficient (Wildman–Crippen LogP) is 1.57. The third kappa shape index (κ3) is 2.77. The van der Waals surface area contributed by atoms with Crippen molar-refractivity contribution in [2.75, 3.05) is 7.11 Å². The topological polar surface area (TPSA) is 81.4 Å². The van der Waals surface area contributed by atoms with E-state index in [0.717, 1.165) is 18.5 Å². The zero-order valence-electron chi connectivity index (χ0n) is 11.1. The lowest BCUT2D eigenvalue weighted by atomic mass is 9.80. The van der Waals surface area contributed by atoms with Crippen molar-refractivity contribution < 1.29 is 19.4 Å². The molecule has 1 N–H and O–H groups in total. The van der Waals surface area contributed by atoms with Crippen LogP contribution in [-0.2, 0) is 16.6 Å². The van der Waals surface area contributed by atoms with Gasteiger partial charge in [-0.2, -0.15) is 5.10 Å². The number of carbonyl (C=O) groups excluding carboxylic acids is 1. The first kappa shape index (κ1) is 13.6. The molecule has 1 aliphatic carbocycles. The minimum absolute atomic E-state index is 0.236. The molecule has 0 amide bonds. The van der Waals surface area contributed by atoms with Crippen molar-refractivity contribution in [1.82, 2.24) is 9.78 Å². The molecule has 0 aromatic carbocycles. The van der Waals surface area contributed by atoms with Crippen LogP contribution in [0.2, 0.25) is 0 Å². The van der Waals surface area contributed by atoms with Gasteiger partial charge in [-0.15, -0.1) is 0 Å². The van der Waals surface area contributed by atoms with Crippen molar-refractivity contribution in [1.29, 1.82) is 0 Å². The van der Waals surface area contributed by atoms with Crippen molar-refractivity contribution in [2.45, 2.75) is 31.6 Å². The maximum absolute atomic E-state index is 11.5. The molecule has 0 bridgehead atoms. The van der Waals surface area contributed by atoms with Crippen LogP contribution in [-0.4, -0.2) is 33.9 Å². The van der Waals surface area contributed by atoms with Gasteiger partial charge in [0.1, 0.15) is 5.69 Å². The Bertz CT molecular complexity index is 487. The van der Waals surface area contributed by atoms with Crippen LogP contribution in [0.25, 0.3) is 0 Å². The van der Waals surface area contributed by atoms with Gasteiger partial charge in [-0.3, -0.25) is 9.48 Å². The Morgan fingerprint density at radius 1 is 1.37 bits per heavy atom. The lowest BCUT2D eigenvalue weighted by molar-refractivity contribution is -0.142. The molecule has 0 aliphatic heterocycles. The van der Waals surface area contributed by atoms with E-state index in [-0.39, 0.29) is 11.8 Å². The summed E-state index contributed by atoms with van der Waals surface area (Å²) < 4.78 is 6.21. The Morgan fingerprint density at radius 2 is 2.00 bits per heavy atom. The quantitative estimate of drug-likeness (QED) is 0.840. The molecule has 2 rings (SSSR count). The number of nitrogens with zero attached hydrogens (tertiary/aromatic N) is 2. The molecule has 104 valence electrons. The molecule has 0 saturated heterocycles. The largest absolute Gasteiger partial charge is 0.481 e. The number of ether oxygens (including phenoxy) is 1. The van der Waals surface area contributed by atoms with E-state index in [1.54, 1.807) is 13.1 Å². The van der Waals surface area contributed by atoms with Crippen molar-refractivity contribution in [2.24, 2.45) is 13.0 Å². The number of aliphatic carboxylic acids is 1. The number of carboxylic acids is 1. The summed E-state index contributed by atoms with van der Waals surface area (Å²) in [7, 11) is 3.05. The number of methoxy groups -OCH3 is 1. The monoisotopic (exact) mass is 266 g/mol. The number of aromatic nitrogens is 2. The lowest BCUT2D eigenvalue weighted by Crippen LogP contribution is -2.20. The Hall–Kier alpha value is -1.85. The number of carboxylic acid groups (broad SMARTS) is 1. The minimum atomic E-state index is -0.713. The second kappa shape index (κ2) is 5.42. The normalized spacial score (nSPS) is 23.1. The van der Waals surface area contributed by atoms with Crippen LogP contribution >= 0.6 is 0 Å². The zero-order valence-corrected chi connectivity index (χ0v) is 11.1. The van der Waals surface area contributed by atoms with Gasteiger partial charge >= 0.3 is 11.9 Å². The fraction of sp³-hybridized carbons (Fsp3) is 0.615. The first-order valence-electron chi connectivity index (χ1n) is 6.38. The first-order chi connectivity index (χ1) is 9.02. The van der Waals surface area contributed by atoms with Gasteiger partial charge in [0, 0.05) is 13.0 Å². The molecule has 1 aromatic rings. The molecule has 1 aromatic heterocycles. The van der Waals surface area contributed by atoms with Gasteiger partial charge in [-0.05, 0) is 31.7 Å². The second-order valence-electron chi connectivity index (χ2n) is 4.96. The Balaban J connectivity index is 2.08. The molecule has 6 heteroatoms. The number of hydrogen-bond acceptors (Lipinski definition) is 4. The Morgan fingerprint density at radius 3 is 2.53 bits per heavy atom. The van der Waals surface area contributed by atoms with E-state index in [1.165, 1.54) is 11.8 Å². The van der Waals surface area contributed by atoms with Crippen LogP contribution < -0.4 is 0 Å². The van der Waals surface area contributed by atoms with Gasteiger partial charge in [0.25, 0.3) is 0 Å². The van der Waals surface area contributed by atoms with Crippen LogP contribution in [0.5, 0.6) is 0 Å². The average molecular weight is 266 g/mol. The summed E-state index contributed by atoms with van der Waals surface area (Å²) in [5, 5.41) is 13.3. The molecular formula is C13H18N2O4. The molecule has 1 fully saturated rings. The van der Waals surface area contributed by atoms with Gasteiger partial charge in [0.05, 0.1) is 18.7 Å². The van der Waals surface area contributed by atoms with Gasteiger partial charge in [-0.25, -0.2) is 4.79 Å². The highest BCUT2D eigenvalue weighted by Gasteiger charge is 2.28. The summed E-state index contributed by atoms with van der Waals surface area (Å²) in [6, 6.07) is 1.75. The predicted molar refractivity (Wildman–Crippen MR) is 66.9 cm³/mol. The number of aryl methyl sites for hydroxylation is 1. The Labute approximate surface area is 111 Å². The first-order valence-corrected chi connectivity index (χ1v) is 6.38. The number of rotatable bonds is 3. The lowest BCUT2D eigenvalue weighted by Gasteiger charge is -2.24. The van der Waals surface area contributed by atoms with Gasteiger partial charge < -0.3 is 9.84 Å². The van der Waals surface area contributed by atoms with E-state index >= 15 is 0 Å². The van der Waals surface area contributed by atoms with Crippen molar-refractivity contribution in [3.8, 4) is 0 Å². The van der Waals surface area contributed by atoms with E-state index in [9.17, 15) is 9.59 Å². The van der Waals surface area contributed by atoms with E-state index in [2.05, 4.69) is 9.84 Å². The highest BCUT2D eigenvalue weighted by molar-refractivity contribution is 5.87. The molecule has 1 aliphatic rings. The summed E-state index contributed by atoms with van der Waals surface area (Å²) >= 11 is 0. The summed E-state index contributed by atoms with van der Waals surface area (Å²) in [4.78, 5) is 22.4. The fourth-order valence-electron chi connectivity index (χ4n) is 2.62. The molecule has 19 heavy (non-hydrogen) atoms. The van der Waals surface area contributed by atoms with Crippen LogP contribution in [0.15, 0.2) is 6.07 Å². The third-order valence-corrected chi connectivity index (χ3v) is 3.79. The van der Waals surface area contributed by atoms with Gasteiger partial charge in [0.15, 0.2) is 0 Å². The van der Waals surface area contributed by atoms with Gasteiger partial charge in [-0.1, -0.05) is 0 Å². The third-order valence-electron chi connectivity index (χ3n) is 3.79. The van der Waals surface area contributed by atoms with Crippen molar-refractivity contribution in [3.05, 3.63) is 17.5 Å². The second-order valence-corrected chi connectivity index (χ2v) is 4.96. The summed E-state index contributed by atoms with van der Waals surface area (Å²) in [5.74, 6) is -1.12. The molecule has 0 spiro atoms. The minimum Gasteiger partial charge on any atom is -0.481 e. The van der Waals surface area contributed by atoms with E-state index in [1.807, 2.05) is 0 Å².